The summed E-state index contributed by atoms with van der Waals surface area (Å²) in [5.74, 6) is 0.738. The molecule has 6 aromatic rings. The highest BCUT2D eigenvalue weighted by atomic mass is 16.3. The summed E-state index contributed by atoms with van der Waals surface area (Å²) in [6, 6.07) is 7.67. The van der Waals surface area contributed by atoms with Crippen LogP contribution >= 0.6 is 0 Å². The summed E-state index contributed by atoms with van der Waals surface area (Å²) < 4.78 is 5.26. The van der Waals surface area contributed by atoms with E-state index in [2.05, 4.69) is 35.5 Å². The Morgan fingerprint density at radius 3 is 2.84 bits per heavy atom. The Kier molecular flexibility index (Phi) is 5.02. The minimum atomic E-state index is 0.0604. The number of nitrogens with zero attached hydrogens (tertiary/aromatic N) is 5. The molecule has 0 bridgehead atoms. The molecule has 0 spiro atoms. The maximum atomic E-state index is 12.6. The average molecular weight is 491 g/mol. The van der Waals surface area contributed by atoms with Crippen LogP contribution in [0.5, 0.6) is 0 Å². The molecular weight excluding hydrogens is 468 g/mol. The van der Waals surface area contributed by atoms with Crippen LogP contribution in [0.2, 0.25) is 0 Å². The summed E-state index contributed by atoms with van der Waals surface area (Å²) in [6.45, 7) is 0. The molecule has 7 rings (SSSR count). The lowest BCUT2D eigenvalue weighted by Gasteiger charge is -2.11. The highest BCUT2D eigenvalue weighted by Crippen LogP contribution is 2.32. The fourth-order valence-electron chi connectivity index (χ4n) is 5.02. The number of H-pyrrole nitrogens is 2. The summed E-state index contributed by atoms with van der Waals surface area (Å²) in [5.41, 5.74) is 6.90. The number of rotatable bonds is 5. The zero-order valence-corrected chi connectivity index (χ0v) is 19.7. The zero-order valence-electron chi connectivity index (χ0n) is 19.7. The molecule has 1 saturated carbocycles. The van der Waals surface area contributed by atoms with Gasteiger partial charge in [-0.15, -0.1) is 0 Å². The molecule has 1 aliphatic rings. The number of aromatic amines is 2. The number of anilines is 1. The van der Waals surface area contributed by atoms with Crippen LogP contribution in [0.3, 0.4) is 0 Å². The smallest absolute Gasteiger partial charge is 0.227 e. The lowest BCUT2D eigenvalue weighted by atomic mass is 10.1. The van der Waals surface area contributed by atoms with Crippen molar-refractivity contribution in [3.63, 3.8) is 0 Å². The minimum Gasteiger partial charge on any atom is -0.472 e. The molecule has 0 saturated heterocycles. The quantitative estimate of drug-likeness (QED) is 0.296. The Hall–Kier alpha value is -4.86. The first-order chi connectivity index (χ1) is 18.2. The van der Waals surface area contributed by atoms with E-state index in [-0.39, 0.29) is 11.8 Å². The van der Waals surface area contributed by atoms with Gasteiger partial charge < -0.3 is 14.7 Å². The number of imidazole rings is 1. The van der Waals surface area contributed by atoms with Gasteiger partial charge in [0.05, 0.1) is 47.3 Å². The van der Waals surface area contributed by atoms with Gasteiger partial charge in [-0.05, 0) is 37.1 Å². The molecule has 6 heterocycles. The van der Waals surface area contributed by atoms with E-state index < -0.39 is 0 Å². The number of pyridine rings is 3. The third kappa shape index (κ3) is 3.83. The molecule has 0 aliphatic heterocycles. The number of hydrogen-bond acceptors (Lipinski definition) is 7. The van der Waals surface area contributed by atoms with Crippen LogP contribution in [0, 0.1) is 5.92 Å². The van der Waals surface area contributed by atoms with Crippen LogP contribution < -0.4 is 5.32 Å². The van der Waals surface area contributed by atoms with E-state index in [0.29, 0.717) is 28.5 Å². The molecule has 182 valence electrons. The molecule has 1 fully saturated rings. The van der Waals surface area contributed by atoms with Crippen molar-refractivity contribution in [3.05, 3.63) is 61.6 Å². The van der Waals surface area contributed by atoms with Crippen molar-refractivity contribution in [2.75, 3.05) is 5.32 Å². The summed E-state index contributed by atoms with van der Waals surface area (Å²) >= 11 is 0. The first-order valence-electron chi connectivity index (χ1n) is 12.2. The second kappa shape index (κ2) is 8.66. The second-order valence-corrected chi connectivity index (χ2v) is 9.27. The Bertz CT molecular complexity index is 1750. The van der Waals surface area contributed by atoms with Crippen molar-refractivity contribution in [1.29, 1.82) is 0 Å². The highest BCUT2D eigenvalue weighted by molar-refractivity contribution is 5.97. The molecular formula is C27H22N8O2. The third-order valence-electron chi connectivity index (χ3n) is 6.92. The number of fused-ring (bicyclic) bond motifs is 2. The fraction of sp³-hybridized carbons (Fsp3) is 0.185. The number of furan rings is 1. The lowest BCUT2D eigenvalue weighted by Crippen LogP contribution is -2.20. The summed E-state index contributed by atoms with van der Waals surface area (Å²) in [7, 11) is 0. The predicted molar refractivity (Wildman–Crippen MR) is 138 cm³/mol. The minimum absolute atomic E-state index is 0.0604. The largest absolute Gasteiger partial charge is 0.472 e. The molecule has 37 heavy (non-hydrogen) atoms. The molecule has 0 atom stereocenters. The van der Waals surface area contributed by atoms with Crippen molar-refractivity contribution >= 4 is 33.7 Å². The maximum absolute atomic E-state index is 12.6. The molecule has 10 nitrogen and oxygen atoms in total. The monoisotopic (exact) mass is 490 g/mol. The van der Waals surface area contributed by atoms with E-state index in [1.165, 1.54) is 0 Å². The Labute approximate surface area is 210 Å². The average Bonchev–Trinajstić information content (AvgIpc) is 3.74. The Morgan fingerprint density at radius 2 is 1.97 bits per heavy atom. The number of carbonyl (C=O) groups is 1. The van der Waals surface area contributed by atoms with Crippen molar-refractivity contribution in [1.82, 2.24) is 35.1 Å². The van der Waals surface area contributed by atoms with Crippen LogP contribution in [-0.4, -0.2) is 41.0 Å². The molecule has 1 amide bonds. The van der Waals surface area contributed by atoms with Gasteiger partial charge in [0, 0.05) is 40.4 Å². The molecule has 0 aromatic carbocycles. The number of nitrogens with one attached hydrogen (secondary N) is 3. The van der Waals surface area contributed by atoms with Crippen LogP contribution in [0.25, 0.3) is 56.0 Å². The number of hydrogen-bond donors (Lipinski definition) is 3. The lowest BCUT2D eigenvalue weighted by molar-refractivity contribution is -0.119. The SMILES string of the molecule is O=C(Nc1cncc(-c2cc3c(-c4nc5nccc(-c6ccoc6)c5[nH]4)n[nH]c3cn2)c1)C1CCCC1. The third-order valence-corrected chi connectivity index (χ3v) is 6.92. The van der Waals surface area contributed by atoms with Crippen LogP contribution in [0.15, 0.2) is 66.0 Å². The predicted octanol–water partition coefficient (Wildman–Crippen LogP) is 5.35. The second-order valence-electron chi connectivity index (χ2n) is 9.27. The molecule has 0 unspecified atom stereocenters. The van der Waals surface area contributed by atoms with Crippen molar-refractivity contribution in [3.8, 4) is 33.9 Å². The van der Waals surface area contributed by atoms with Gasteiger partial charge in [0.1, 0.15) is 5.69 Å². The topological polar surface area (TPSA) is 138 Å². The van der Waals surface area contributed by atoms with E-state index >= 15 is 0 Å². The van der Waals surface area contributed by atoms with Crippen molar-refractivity contribution in [2.45, 2.75) is 25.7 Å². The van der Waals surface area contributed by atoms with E-state index in [9.17, 15) is 4.79 Å². The molecule has 10 heteroatoms. The van der Waals surface area contributed by atoms with Crippen molar-refractivity contribution < 1.29 is 9.21 Å². The van der Waals surface area contributed by atoms with Crippen molar-refractivity contribution in [2.24, 2.45) is 5.92 Å². The number of amides is 1. The highest BCUT2D eigenvalue weighted by Gasteiger charge is 2.23. The first-order valence-corrected chi connectivity index (χ1v) is 12.2. The van der Waals surface area contributed by atoms with Crippen LogP contribution in [0.1, 0.15) is 25.7 Å². The molecule has 3 N–H and O–H groups in total. The zero-order chi connectivity index (χ0) is 24.8. The van der Waals surface area contributed by atoms with Crippen LogP contribution in [0.4, 0.5) is 5.69 Å². The van der Waals surface area contributed by atoms with Gasteiger partial charge in [0.15, 0.2) is 11.5 Å². The number of aromatic nitrogens is 7. The number of carbonyl (C=O) groups excluding carboxylic acids is 1. The van der Waals surface area contributed by atoms with E-state index in [1.807, 2.05) is 24.3 Å². The van der Waals surface area contributed by atoms with Gasteiger partial charge in [0.2, 0.25) is 5.91 Å². The molecule has 1 aliphatic carbocycles. The first kappa shape index (κ1) is 21.4. The standard InChI is InChI=1S/C27H22N8O2/c36-27(15-3-1-2-4-15)31-18-9-17(11-28-12-18)21-10-20-22(13-30-21)34-35-24(20)26-32-23-19(16-6-8-37-14-16)5-7-29-25(23)33-26/h5-15H,1-4H2,(H,31,36)(H,34,35)(H,29,32,33). The van der Waals surface area contributed by atoms with Gasteiger partial charge >= 0.3 is 0 Å². The van der Waals surface area contributed by atoms with Gasteiger partial charge in [-0.25, -0.2) is 9.97 Å². The maximum Gasteiger partial charge on any atom is 0.227 e. The molecule has 6 aromatic heterocycles. The van der Waals surface area contributed by atoms with Gasteiger partial charge in [-0.1, -0.05) is 12.8 Å². The summed E-state index contributed by atoms with van der Waals surface area (Å²) in [5, 5.41) is 11.4. The normalized spacial score (nSPS) is 14.1. The summed E-state index contributed by atoms with van der Waals surface area (Å²) in [4.78, 5) is 34.0. The summed E-state index contributed by atoms with van der Waals surface area (Å²) in [6.07, 6.45) is 14.3. The van der Waals surface area contributed by atoms with E-state index in [0.717, 1.165) is 58.8 Å². The molecule has 0 radical (unpaired) electrons. The van der Waals surface area contributed by atoms with Gasteiger partial charge in [0.25, 0.3) is 0 Å². The van der Waals surface area contributed by atoms with Gasteiger partial charge in [-0.2, -0.15) is 5.10 Å². The fourth-order valence-corrected chi connectivity index (χ4v) is 5.02. The Balaban J connectivity index is 1.25. The van der Waals surface area contributed by atoms with E-state index in [4.69, 9.17) is 9.40 Å². The van der Waals surface area contributed by atoms with Crippen LogP contribution in [-0.2, 0) is 4.79 Å². The van der Waals surface area contributed by atoms with E-state index in [1.54, 1.807) is 37.3 Å². The Morgan fingerprint density at radius 1 is 1.05 bits per heavy atom. The van der Waals surface area contributed by atoms with Gasteiger partial charge in [-0.3, -0.25) is 19.9 Å².